The van der Waals surface area contributed by atoms with Gasteiger partial charge in [0.05, 0.1) is 0 Å². The zero-order valence-electron chi connectivity index (χ0n) is 16.5. The van der Waals surface area contributed by atoms with Gasteiger partial charge in [0.2, 0.25) is 5.91 Å². The number of carbonyl (C=O) groups excluding carboxylic acids is 1. The van der Waals surface area contributed by atoms with Gasteiger partial charge in [-0.3, -0.25) is 9.79 Å². The molecule has 0 atom stereocenters. The maximum Gasteiger partial charge on any atom is 0.248 e. The minimum absolute atomic E-state index is 0.0714. The summed E-state index contributed by atoms with van der Waals surface area (Å²) in [5, 5.41) is 6.80. The number of benzene rings is 2. The molecule has 0 aliphatic carbocycles. The topological polar surface area (TPSA) is 79.5 Å². The van der Waals surface area contributed by atoms with E-state index in [4.69, 9.17) is 5.73 Å². The molecule has 2 aromatic rings. The lowest BCUT2D eigenvalue weighted by molar-refractivity contribution is 0.100. The number of hydrogen-bond donors (Lipinski definition) is 3. The summed E-state index contributed by atoms with van der Waals surface area (Å²) in [6, 6.07) is 17.9. The lowest BCUT2D eigenvalue weighted by Gasteiger charge is -2.33. The molecule has 5 heteroatoms. The molecule has 0 bridgehead atoms. The van der Waals surface area contributed by atoms with Crippen LogP contribution in [0.1, 0.15) is 48.2 Å². The minimum atomic E-state index is -0.414. The Labute approximate surface area is 162 Å². The van der Waals surface area contributed by atoms with Crippen molar-refractivity contribution < 1.29 is 4.79 Å². The van der Waals surface area contributed by atoms with Gasteiger partial charge in [0.1, 0.15) is 0 Å². The molecule has 2 aromatic carbocycles. The Hall–Kier alpha value is -2.82. The van der Waals surface area contributed by atoms with Gasteiger partial charge in [-0.05, 0) is 36.1 Å². The van der Waals surface area contributed by atoms with Crippen molar-refractivity contribution in [2.75, 3.05) is 13.6 Å². The van der Waals surface area contributed by atoms with E-state index in [1.54, 1.807) is 19.2 Å². The Morgan fingerprint density at radius 2 is 1.63 bits per heavy atom. The average Bonchev–Trinajstić information content (AvgIpc) is 2.72. The van der Waals surface area contributed by atoms with Crippen molar-refractivity contribution in [3.8, 4) is 0 Å². The normalized spacial score (nSPS) is 11.9. The van der Waals surface area contributed by atoms with E-state index in [1.165, 1.54) is 5.56 Å². The van der Waals surface area contributed by atoms with Crippen LogP contribution >= 0.6 is 0 Å². The van der Waals surface area contributed by atoms with Gasteiger partial charge >= 0.3 is 0 Å². The molecule has 0 aliphatic rings. The molecule has 0 radical (unpaired) electrons. The molecule has 2 rings (SSSR count). The fourth-order valence-electron chi connectivity index (χ4n) is 3.25. The van der Waals surface area contributed by atoms with Crippen LogP contribution in [0.5, 0.6) is 0 Å². The van der Waals surface area contributed by atoms with Crippen molar-refractivity contribution in [2.45, 2.75) is 38.6 Å². The van der Waals surface area contributed by atoms with Crippen molar-refractivity contribution in [3.05, 3.63) is 71.3 Å². The molecular formula is C22H30N4O. The molecular weight excluding hydrogens is 336 g/mol. The predicted molar refractivity (Wildman–Crippen MR) is 112 cm³/mol. The molecule has 0 aromatic heterocycles. The van der Waals surface area contributed by atoms with E-state index in [1.807, 2.05) is 12.1 Å². The van der Waals surface area contributed by atoms with Gasteiger partial charge in [0, 0.05) is 31.1 Å². The van der Waals surface area contributed by atoms with E-state index in [9.17, 15) is 4.79 Å². The molecule has 0 heterocycles. The van der Waals surface area contributed by atoms with Crippen molar-refractivity contribution in [3.63, 3.8) is 0 Å². The summed E-state index contributed by atoms with van der Waals surface area (Å²) in [6.45, 7) is 5.89. The van der Waals surface area contributed by atoms with Gasteiger partial charge in [0.15, 0.2) is 5.96 Å². The second kappa shape index (κ2) is 9.76. The lowest BCUT2D eigenvalue weighted by Crippen LogP contribution is -2.45. The third kappa shape index (κ3) is 5.33. The zero-order chi connectivity index (χ0) is 19.7. The van der Waals surface area contributed by atoms with Crippen LogP contribution in [0.4, 0.5) is 0 Å². The first-order valence-corrected chi connectivity index (χ1v) is 9.43. The molecule has 0 spiro atoms. The monoisotopic (exact) mass is 366 g/mol. The van der Waals surface area contributed by atoms with Gasteiger partial charge in [0.25, 0.3) is 0 Å². The van der Waals surface area contributed by atoms with Crippen LogP contribution in [0.3, 0.4) is 0 Å². The largest absolute Gasteiger partial charge is 0.366 e. The standard InChI is InChI=1S/C22H30N4O/c1-4-22(5-2,19-9-7-6-8-10-19)16-26-21(24-3)25-15-17-11-13-18(14-12-17)20(23)27/h6-14H,4-5,15-16H2,1-3H3,(H2,23,27)(H2,24,25,26). The highest BCUT2D eigenvalue weighted by molar-refractivity contribution is 5.92. The molecule has 5 nitrogen and oxygen atoms in total. The van der Waals surface area contributed by atoms with Crippen LogP contribution in [-0.2, 0) is 12.0 Å². The van der Waals surface area contributed by atoms with E-state index in [2.05, 4.69) is 59.8 Å². The summed E-state index contributed by atoms with van der Waals surface area (Å²) in [5.41, 5.74) is 8.27. The maximum atomic E-state index is 11.2. The smallest absolute Gasteiger partial charge is 0.248 e. The first-order chi connectivity index (χ1) is 13.0. The SMILES string of the molecule is CCC(CC)(CNC(=NC)NCc1ccc(C(N)=O)cc1)c1ccccc1. The average molecular weight is 367 g/mol. The molecule has 27 heavy (non-hydrogen) atoms. The van der Waals surface area contributed by atoms with Crippen LogP contribution in [-0.4, -0.2) is 25.5 Å². The van der Waals surface area contributed by atoms with Crippen LogP contribution < -0.4 is 16.4 Å². The summed E-state index contributed by atoms with van der Waals surface area (Å²) < 4.78 is 0. The van der Waals surface area contributed by atoms with Crippen molar-refractivity contribution in [1.82, 2.24) is 10.6 Å². The summed E-state index contributed by atoms with van der Waals surface area (Å²) in [4.78, 5) is 15.5. The number of nitrogens with zero attached hydrogens (tertiary/aromatic N) is 1. The lowest BCUT2D eigenvalue weighted by atomic mass is 9.76. The second-order valence-electron chi connectivity index (χ2n) is 6.69. The van der Waals surface area contributed by atoms with Gasteiger partial charge < -0.3 is 16.4 Å². The fourth-order valence-corrected chi connectivity index (χ4v) is 3.25. The second-order valence-corrected chi connectivity index (χ2v) is 6.69. The predicted octanol–water partition coefficient (Wildman–Crippen LogP) is 3.21. The molecule has 144 valence electrons. The molecule has 1 amide bonds. The van der Waals surface area contributed by atoms with E-state index >= 15 is 0 Å². The van der Waals surface area contributed by atoms with Gasteiger partial charge in [-0.25, -0.2) is 0 Å². The molecule has 4 N–H and O–H groups in total. The van der Waals surface area contributed by atoms with Crippen molar-refractivity contribution in [1.29, 1.82) is 0 Å². The van der Waals surface area contributed by atoms with Crippen LogP contribution in [0, 0.1) is 0 Å². The molecule has 0 unspecified atom stereocenters. The number of carbonyl (C=O) groups is 1. The van der Waals surface area contributed by atoms with Crippen molar-refractivity contribution in [2.24, 2.45) is 10.7 Å². The Balaban J connectivity index is 1.98. The van der Waals surface area contributed by atoms with E-state index in [0.29, 0.717) is 12.1 Å². The van der Waals surface area contributed by atoms with Gasteiger partial charge in [-0.1, -0.05) is 56.3 Å². The highest BCUT2D eigenvalue weighted by atomic mass is 16.1. The highest BCUT2D eigenvalue weighted by Gasteiger charge is 2.28. The van der Waals surface area contributed by atoms with Crippen LogP contribution in [0.25, 0.3) is 0 Å². The fraction of sp³-hybridized carbons (Fsp3) is 0.364. The zero-order valence-corrected chi connectivity index (χ0v) is 16.5. The number of rotatable bonds is 8. The number of amides is 1. The minimum Gasteiger partial charge on any atom is -0.366 e. The number of primary amides is 1. The van der Waals surface area contributed by atoms with Gasteiger partial charge in [-0.15, -0.1) is 0 Å². The van der Waals surface area contributed by atoms with E-state index in [-0.39, 0.29) is 5.41 Å². The quantitative estimate of drug-likeness (QED) is 0.496. The Morgan fingerprint density at radius 1 is 1.00 bits per heavy atom. The van der Waals surface area contributed by atoms with E-state index in [0.717, 1.165) is 30.9 Å². The van der Waals surface area contributed by atoms with Gasteiger partial charge in [-0.2, -0.15) is 0 Å². The van der Waals surface area contributed by atoms with E-state index < -0.39 is 5.91 Å². The van der Waals surface area contributed by atoms with Crippen molar-refractivity contribution >= 4 is 11.9 Å². The summed E-state index contributed by atoms with van der Waals surface area (Å²) in [5.74, 6) is 0.347. The molecule has 0 saturated carbocycles. The Bertz CT molecular complexity index is 750. The number of nitrogens with two attached hydrogens (primary N) is 1. The summed E-state index contributed by atoms with van der Waals surface area (Å²) in [7, 11) is 1.77. The number of aliphatic imine (C=N–C) groups is 1. The summed E-state index contributed by atoms with van der Waals surface area (Å²) in [6.07, 6.45) is 2.10. The molecule has 0 fully saturated rings. The number of guanidine groups is 1. The molecule has 0 saturated heterocycles. The highest BCUT2D eigenvalue weighted by Crippen LogP contribution is 2.30. The third-order valence-electron chi connectivity index (χ3n) is 5.26. The maximum absolute atomic E-state index is 11.2. The number of nitrogens with one attached hydrogen (secondary N) is 2. The van der Waals surface area contributed by atoms with Crippen LogP contribution in [0.15, 0.2) is 59.6 Å². The first-order valence-electron chi connectivity index (χ1n) is 9.43. The Morgan fingerprint density at radius 3 is 2.15 bits per heavy atom. The molecule has 0 aliphatic heterocycles. The third-order valence-corrected chi connectivity index (χ3v) is 5.26. The summed E-state index contributed by atoms with van der Waals surface area (Å²) >= 11 is 0. The van der Waals surface area contributed by atoms with Crippen LogP contribution in [0.2, 0.25) is 0 Å². The Kier molecular flexibility index (Phi) is 7.41. The number of hydrogen-bond acceptors (Lipinski definition) is 2. The first kappa shape index (κ1) is 20.5.